The maximum absolute atomic E-state index is 17.2. The van der Waals surface area contributed by atoms with E-state index in [4.69, 9.17) is 10.2 Å². The molecule has 0 aliphatic carbocycles. The first-order chi connectivity index (χ1) is 51.9. The van der Waals surface area contributed by atoms with Crippen LogP contribution in [0.1, 0.15) is 119 Å². The second kappa shape index (κ2) is 28.4. The van der Waals surface area contributed by atoms with Crippen molar-refractivity contribution in [2.24, 2.45) is 29.6 Å². The molecule has 0 saturated heterocycles. The Balaban J connectivity index is 0.755. The van der Waals surface area contributed by atoms with E-state index >= 15 is 8.78 Å². The van der Waals surface area contributed by atoms with Gasteiger partial charge < -0.3 is 0 Å². The topological polar surface area (TPSA) is 68.1 Å². The van der Waals surface area contributed by atoms with Gasteiger partial charge in [0.25, 0.3) is 11.8 Å². The average Bonchev–Trinajstić information content (AvgIpc) is 1.57. The SMILES string of the molecule is Cc1ccc(-c2c(F)c(F)c(-c3ccc(-c4cc5c(-c6ccc(CC(C)C)s6)c6sc(-c7ccc(-c8sc(-c9ccc(-c%10cc%11c(-c%12ccc(CC(C)C)s%12)c%12sc(C)cc%12c(-c%12ccc(CC(C)C)s%12)c%11s%10)s9)c9c8C(=O)N(C)C9=O)s7)cc6c(-c6ccc(CC(C)C)s6)c5s4)s3)c3nn(CC(C)C)nc23)s1. The van der Waals surface area contributed by atoms with Crippen LogP contribution in [0.3, 0.4) is 0 Å². The molecule has 0 unspecified atom stereocenters. The molecule has 6 nitrogen and oxygen atoms in total. The van der Waals surface area contributed by atoms with Crippen LogP contribution in [0.2, 0.25) is 0 Å². The molecule has 0 atom stereocenters. The number of aryl methyl sites for hydroxylation is 2. The third-order valence-electron chi connectivity index (χ3n) is 19.6. The fourth-order valence-electron chi connectivity index (χ4n) is 15.0. The van der Waals surface area contributed by atoms with Crippen molar-refractivity contribution in [2.45, 2.75) is 115 Å². The van der Waals surface area contributed by atoms with Crippen molar-refractivity contribution in [1.82, 2.24) is 19.9 Å². The molecule has 0 spiro atoms. The molecule has 18 rings (SSSR count). The largest absolute Gasteiger partial charge is 0.277 e. The normalized spacial score (nSPS) is 13.0. The highest BCUT2D eigenvalue weighted by atomic mass is 32.1. The van der Waals surface area contributed by atoms with Crippen LogP contribution in [0.15, 0.2) is 121 Å². The summed E-state index contributed by atoms with van der Waals surface area (Å²) in [7, 11) is 1.62. The second-order valence-electron chi connectivity index (χ2n) is 30.4. The van der Waals surface area contributed by atoms with Gasteiger partial charge in [0.1, 0.15) is 11.0 Å². The minimum atomic E-state index is -0.919. The van der Waals surface area contributed by atoms with Gasteiger partial charge in [0.05, 0.1) is 38.6 Å². The Morgan fingerprint density at radius 1 is 0.315 bits per heavy atom. The number of imide groups is 1. The Labute approximate surface area is 678 Å². The zero-order chi connectivity index (χ0) is 74.7. The Morgan fingerprint density at radius 3 is 0.991 bits per heavy atom. The van der Waals surface area contributed by atoms with Gasteiger partial charge in [-0.3, -0.25) is 14.5 Å². The lowest BCUT2D eigenvalue weighted by atomic mass is 9.99. The first-order valence-corrected chi connectivity index (χ1v) is 47.1. The summed E-state index contributed by atoms with van der Waals surface area (Å²) in [4.78, 5) is 56.3. The molecule has 0 bridgehead atoms. The highest BCUT2D eigenvalue weighted by molar-refractivity contribution is 7.33. The molecule has 14 aromatic heterocycles. The Hall–Kier alpha value is -6.80. The lowest BCUT2D eigenvalue weighted by Crippen LogP contribution is -2.24. The van der Waals surface area contributed by atoms with E-state index in [1.807, 2.05) is 104 Å². The second-order valence-corrected chi connectivity index (χ2v) is 45.1. The first-order valence-electron chi connectivity index (χ1n) is 36.5. The first kappa shape index (κ1) is 72.7. The number of rotatable bonds is 21. The number of carbonyl (C=O) groups excluding carboxylic acids is 2. The Morgan fingerprint density at radius 2 is 0.630 bits per heavy atom. The molecule has 3 aromatic carbocycles. The highest BCUT2D eigenvalue weighted by Crippen LogP contribution is 2.59. The zero-order valence-electron chi connectivity index (χ0n) is 61.6. The minimum Gasteiger partial charge on any atom is -0.277 e. The summed E-state index contributed by atoms with van der Waals surface area (Å²) in [6, 6.07) is 44.7. The quantitative estimate of drug-likeness (QED) is 0.0672. The molecule has 0 saturated carbocycles. The monoisotopic (exact) mass is 1660 g/mol. The van der Waals surface area contributed by atoms with Crippen LogP contribution >= 0.6 is 147 Å². The third-order valence-corrected chi connectivity index (χ3v) is 35.0. The molecule has 546 valence electrons. The molecule has 0 N–H and O–H groups in total. The Kier molecular flexibility index (Phi) is 19.2. The number of benzene rings is 3. The van der Waals surface area contributed by atoms with Crippen molar-refractivity contribution < 1.29 is 18.4 Å². The van der Waals surface area contributed by atoms with Crippen LogP contribution in [0.5, 0.6) is 0 Å². The van der Waals surface area contributed by atoms with Crippen molar-refractivity contribution in [3.63, 3.8) is 0 Å². The summed E-state index contributed by atoms with van der Waals surface area (Å²) in [5.74, 6) is -0.0835. The van der Waals surface area contributed by atoms with E-state index in [0.29, 0.717) is 62.1 Å². The highest BCUT2D eigenvalue weighted by Gasteiger charge is 2.42. The van der Waals surface area contributed by atoms with Crippen LogP contribution in [0, 0.1) is 55.1 Å². The van der Waals surface area contributed by atoms with Gasteiger partial charge in [-0.05, 0) is 190 Å². The fraction of sp³-hybridized carbons (Fsp3) is 0.264. The molecular formula is C87H74F2N4O2S13. The van der Waals surface area contributed by atoms with E-state index in [-0.39, 0.29) is 28.9 Å². The van der Waals surface area contributed by atoms with Gasteiger partial charge in [-0.25, -0.2) is 8.78 Å². The number of hydrogen-bond acceptors (Lipinski definition) is 17. The number of fused-ring (bicyclic) bond motifs is 6. The minimum absolute atomic E-state index is 0.134. The number of carbonyl (C=O) groups is 2. The summed E-state index contributed by atoms with van der Waals surface area (Å²) in [5, 5.41) is 14.7. The predicted octanol–water partition coefficient (Wildman–Crippen LogP) is 30.8. The number of hydrogen-bond donors (Lipinski definition) is 0. The lowest BCUT2D eigenvalue weighted by Gasteiger charge is -2.10. The van der Waals surface area contributed by atoms with E-state index in [2.05, 4.69) is 179 Å². The molecule has 15 heterocycles. The average molecular weight is 1660 g/mol. The van der Waals surface area contributed by atoms with Gasteiger partial charge >= 0.3 is 0 Å². The number of amides is 2. The summed E-state index contributed by atoms with van der Waals surface area (Å²) < 4.78 is 39.1. The van der Waals surface area contributed by atoms with Crippen molar-refractivity contribution in [2.75, 3.05) is 7.05 Å². The molecule has 0 fully saturated rings. The van der Waals surface area contributed by atoms with E-state index in [9.17, 15) is 9.59 Å². The molecule has 2 amide bonds. The van der Waals surface area contributed by atoms with Gasteiger partial charge in [0.15, 0.2) is 11.6 Å². The fourth-order valence-corrected chi connectivity index (χ4v) is 31.0. The Bertz CT molecular complexity index is 6240. The maximum atomic E-state index is 17.2. The molecule has 0 radical (unpaired) electrons. The smallest absolute Gasteiger partial charge is 0.262 e. The van der Waals surface area contributed by atoms with E-state index in [0.717, 1.165) is 79.8 Å². The number of thiophene rings is 13. The van der Waals surface area contributed by atoms with Crippen molar-refractivity contribution in [3.05, 3.63) is 173 Å². The summed E-state index contributed by atoms with van der Waals surface area (Å²) in [6.45, 7) is 27.2. The maximum Gasteiger partial charge on any atom is 0.262 e. The van der Waals surface area contributed by atoms with Crippen LogP contribution in [0.4, 0.5) is 8.78 Å². The van der Waals surface area contributed by atoms with E-state index < -0.39 is 11.6 Å². The molecule has 1 aliphatic rings. The van der Waals surface area contributed by atoms with Gasteiger partial charge in [-0.15, -0.1) is 147 Å². The van der Waals surface area contributed by atoms with Gasteiger partial charge in [-0.2, -0.15) is 15.0 Å². The van der Waals surface area contributed by atoms with Crippen LogP contribution in [-0.4, -0.2) is 38.8 Å². The zero-order valence-corrected chi connectivity index (χ0v) is 72.3. The van der Waals surface area contributed by atoms with Crippen molar-refractivity contribution in [3.8, 4) is 111 Å². The molecule has 17 aromatic rings. The number of nitrogens with zero attached hydrogens (tertiary/aromatic N) is 4. The van der Waals surface area contributed by atoms with Gasteiger partial charge in [0, 0.05) is 167 Å². The number of halogens is 2. The lowest BCUT2D eigenvalue weighted by molar-refractivity contribution is 0.0693. The van der Waals surface area contributed by atoms with Gasteiger partial charge in [0.2, 0.25) is 0 Å². The van der Waals surface area contributed by atoms with Crippen LogP contribution in [0.25, 0.3) is 163 Å². The predicted molar refractivity (Wildman–Crippen MR) is 475 cm³/mol. The molecule has 21 heteroatoms. The van der Waals surface area contributed by atoms with E-state index in [1.54, 1.807) is 57.2 Å². The molecule has 108 heavy (non-hydrogen) atoms. The van der Waals surface area contributed by atoms with Crippen LogP contribution in [-0.2, 0) is 32.2 Å². The third kappa shape index (κ3) is 12.8. The van der Waals surface area contributed by atoms with Crippen molar-refractivity contribution in [1.29, 1.82) is 0 Å². The molecular weight excluding hydrogens is 1590 g/mol. The summed E-state index contributed by atoms with van der Waals surface area (Å²) >= 11 is 22.8. The number of aromatic nitrogens is 3. The summed E-state index contributed by atoms with van der Waals surface area (Å²) in [5.41, 5.74) is 7.01. The summed E-state index contributed by atoms with van der Waals surface area (Å²) in [6.07, 6.45) is 4.03. The van der Waals surface area contributed by atoms with Crippen LogP contribution < -0.4 is 0 Å². The van der Waals surface area contributed by atoms with E-state index in [1.165, 1.54) is 134 Å². The standard InChI is InChI=1S/C87H74F2N4O2S13/c1-39(2)30-46-15-20-57(98-46)68-50-34-45(12)97-80(50)69(58-21-16-47(99-58)31-40(3)4)51-35-66(106-81(51)68)55-25-28-63(103-55)84-74-75(87(95)92(13)86(74)94)85(108-84)64-29-26-56(104-64)67-37-53-71(60-23-18-49(101-60)33-42(7)8)82-52(70(83(53)107-67)59-22-17-48(100-59)32-41(5)6)36-65(105-82)54-24-27-62(102-54)73-77(89)76(88)72(61-19-14-44(11)96-61)78-79(73)91-93(90-78)38-43(9)10/h14-29,34-37,39-43H,30-33,38H2,1-13H3. The van der Waals surface area contributed by atoms with Crippen molar-refractivity contribution >= 4 is 211 Å². The molecule has 1 aliphatic heterocycles. The van der Waals surface area contributed by atoms with Gasteiger partial charge in [-0.1, -0.05) is 69.2 Å².